The van der Waals surface area contributed by atoms with Crippen molar-refractivity contribution < 1.29 is 33.8 Å². The molecule has 3 amide bonds. The van der Waals surface area contributed by atoms with E-state index in [-0.39, 0.29) is 25.4 Å². The Bertz CT molecular complexity index is 617. The van der Waals surface area contributed by atoms with Gasteiger partial charge in [0.2, 0.25) is 11.8 Å². The average molecular weight is 415 g/mol. The summed E-state index contributed by atoms with van der Waals surface area (Å²) >= 11 is 0. The van der Waals surface area contributed by atoms with Crippen LogP contribution in [0.5, 0.6) is 0 Å². The number of carbonyl (C=O) groups excluding carboxylic acids is 4. The Morgan fingerprint density at radius 3 is 2.38 bits per heavy atom. The van der Waals surface area contributed by atoms with Gasteiger partial charge in [-0.3, -0.25) is 9.59 Å². The fourth-order valence-electron chi connectivity index (χ4n) is 2.96. The van der Waals surface area contributed by atoms with Gasteiger partial charge in [-0.15, -0.1) is 0 Å². The van der Waals surface area contributed by atoms with Gasteiger partial charge in [0, 0.05) is 13.0 Å². The van der Waals surface area contributed by atoms with E-state index in [1.54, 1.807) is 27.7 Å². The molecule has 10 heteroatoms. The quantitative estimate of drug-likeness (QED) is 0.505. The Kier molecular flexibility index (Phi) is 8.87. The number of carbonyl (C=O) groups is 4. The second kappa shape index (κ2) is 10.4. The highest BCUT2D eigenvalue weighted by Crippen LogP contribution is 2.19. The molecule has 0 aromatic rings. The first-order chi connectivity index (χ1) is 13.4. The van der Waals surface area contributed by atoms with Crippen LogP contribution in [0.25, 0.3) is 0 Å². The molecule has 1 aliphatic rings. The molecule has 0 aliphatic carbocycles. The lowest BCUT2D eigenvalue weighted by atomic mass is 9.98. The third-order valence-electron chi connectivity index (χ3n) is 4.65. The molecule has 1 saturated heterocycles. The Hall–Kier alpha value is -2.36. The molecule has 0 unspecified atom stereocenters. The first kappa shape index (κ1) is 24.7. The largest absolute Gasteiger partial charge is 0.467 e. The lowest BCUT2D eigenvalue weighted by Crippen LogP contribution is -2.53. The molecular formula is C19H33N3O7. The van der Waals surface area contributed by atoms with E-state index in [9.17, 15) is 24.3 Å². The van der Waals surface area contributed by atoms with Gasteiger partial charge in [-0.2, -0.15) is 0 Å². The fourth-order valence-corrected chi connectivity index (χ4v) is 2.96. The van der Waals surface area contributed by atoms with E-state index in [0.717, 1.165) is 0 Å². The van der Waals surface area contributed by atoms with Gasteiger partial charge in [0.1, 0.15) is 17.7 Å². The third-order valence-corrected chi connectivity index (χ3v) is 4.65. The van der Waals surface area contributed by atoms with Crippen LogP contribution in [0.2, 0.25) is 0 Å². The molecule has 10 nitrogen and oxygen atoms in total. The van der Waals surface area contributed by atoms with Crippen LogP contribution >= 0.6 is 0 Å². The first-order valence-corrected chi connectivity index (χ1v) is 9.72. The Morgan fingerprint density at radius 1 is 1.24 bits per heavy atom. The number of aliphatic hydroxyl groups excluding tert-OH is 1. The smallest absolute Gasteiger partial charge is 0.408 e. The predicted octanol–water partition coefficient (Wildman–Crippen LogP) is 0.177. The second-order valence-corrected chi connectivity index (χ2v) is 8.20. The van der Waals surface area contributed by atoms with Gasteiger partial charge in [-0.1, -0.05) is 20.3 Å². The van der Waals surface area contributed by atoms with E-state index in [4.69, 9.17) is 4.74 Å². The van der Waals surface area contributed by atoms with Crippen molar-refractivity contribution in [2.24, 2.45) is 5.92 Å². The summed E-state index contributed by atoms with van der Waals surface area (Å²) in [5.74, 6) is -1.88. The molecule has 0 spiro atoms. The Morgan fingerprint density at radius 2 is 1.86 bits per heavy atom. The summed E-state index contributed by atoms with van der Waals surface area (Å²) in [6.07, 6.45) is -0.856. The summed E-state index contributed by atoms with van der Waals surface area (Å²) < 4.78 is 9.86. The number of ether oxygens (including phenoxy) is 2. The van der Waals surface area contributed by atoms with Crippen molar-refractivity contribution in [3.05, 3.63) is 0 Å². The van der Waals surface area contributed by atoms with E-state index < -0.39 is 47.7 Å². The van der Waals surface area contributed by atoms with Crippen molar-refractivity contribution in [3.63, 3.8) is 0 Å². The van der Waals surface area contributed by atoms with Crippen LogP contribution < -0.4 is 10.6 Å². The minimum absolute atomic E-state index is 0.0145. The van der Waals surface area contributed by atoms with Gasteiger partial charge in [0.25, 0.3) is 0 Å². The molecule has 0 bridgehead atoms. The summed E-state index contributed by atoms with van der Waals surface area (Å²) in [4.78, 5) is 50.1. The maximum Gasteiger partial charge on any atom is 0.408 e. The standard InChI is InChI=1S/C19H33N3O7/c1-7-11(2)15(21-18(27)29-19(3,4)5)16(25)20-9-14(24)22-10-12(23)8-13(22)17(26)28-6/h11-13,15,23H,7-10H2,1-6H3,(H,20,25)(H,21,27)/t11-,12+,13-,15-/m0/s1. The van der Waals surface area contributed by atoms with Gasteiger partial charge in [-0.05, 0) is 26.7 Å². The second-order valence-electron chi connectivity index (χ2n) is 8.20. The number of esters is 1. The molecule has 166 valence electrons. The van der Waals surface area contributed by atoms with E-state index in [2.05, 4.69) is 15.4 Å². The molecule has 0 aromatic carbocycles. The molecular weight excluding hydrogens is 382 g/mol. The van der Waals surface area contributed by atoms with Gasteiger partial charge in [-0.25, -0.2) is 9.59 Å². The molecule has 29 heavy (non-hydrogen) atoms. The summed E-state index contributed by atoms with van der Waals surface area (Å²) in [5, 5.41) is 14.8. The van der Waals surface area contributed by atoms with Crippen molar-refractivity contribution in [1.82, 2.24) is 15.5 Å². The highest BCUT2D eigenvalue weighted by molar-refractivity contribution is 5.91. The van der Waals surface area contributed by atoms with E-state index in [0.29, 0.717) is 6.42 Å². The first-order valence-electron chi connectivity index (χ1n) is 9.72. The summed E-state index contributed by atoms with van der Waals surface area (Å²) in [5.41, 5.74) is -0.712. The highest BCUT2D eigenvalue weighted by Gasteiger charge is 2.39. The number of rotatable bonds is 7. The molecule has 4 atom stereocenters. The van der Waals surface area contributed by atoms with Crippen LogP contribution in [0.1, 0.15) is 47.5 Å². The molecule has 3 N–H and O–H groups in total. The van der Waals surface area contributed by atoms with Gasteiger partial charge in [0.05, 0.1) is 19.8 Å². The summed E-state index contributed by atoms with van der Waals surface area (Å²) in [7, 11) is 1.20. The fraction of sp³-hybridized carbons (Fsp3) is 0.789. The number of hydrogen-bond donors (Lipinski definition) is 3. The normalized spacial score (nSPS) is 21.1. The summed E-state index contributed by atoms with van der Waals surface area (Å²) in [6.45, 7) is 8.43. The molecule has 0 saturated carbocycles. The minimum Gasteiger partial charge on any atom is -0.467 e. The van der Waals surface area contributed by atoms with E-state index in [1.807, 2.05) is 6.92 Å². The molecule has 1 aliphatic heterocycles. The molecule has 0 radical (unpaired) electrons. The lowest BCUT2D eigenvalue weighted by molar-refractivity contribution is -0.150. The average Bonchev–Trinajstić information content (AvgIpc) is 3.03. The van der Waals surface area contributed by atoms with Crippen molar-refractivity contribution in [2.45, 2.75) is 71.2 Å². The third kappa shape index (κ3) is 7.52. The van der Waals surface area contributed by atoms with Crippen LogP contribution in [0.3, 0.4) is 0 Å². The number of methoxy groups -OCH3 is 1. The SMILES string of the molecule is CC[C@H](C)[C@H](NC(=O)OC(C)(C)C)C(=O)NCC(=O)N1C[C@H](O)C[C@H]1C(=O)OC. The number of aliphatic hydroxyl groups is 1. The number of likely N-dealkylation sites (tertiary alicyclic amines) is 1. The highest BCUT2D eigenvalue weighted by atomic mass is 16.6. The van der Waals surface area contributed by atoms with Crippen LogP contribution in [0.4, 0.5) is 4.79 Å². The van der Waals surface area contributed by atoms with Crippen molar-refractivity contribution >= 4 is 23.9 Å². The van der Waals surface area contributed by atoms with Crippen molar-refractivity contribution in [3.8, 4) is 0 Å². The zero-order chi connectivity index (χ0) is 22.4. The van der Waals surface area contributed by atoms with Crippen LogP contribution in [0, 0.1) is 5.92 Å². The van der Waals surface area contributed by atoms with E-state index in [1.165, 1.54) is 12.0 Å². The minimum atomic E-state index is -0.886. The van der Waals surface area contributed by atoms with Crippen LogP contribution in [-0.2, 0) is 23.9 Å². The summed E-state index contributed by atoms with van der Waals surface area (Å²) in [6, 6.07) is -1.77. The maximum absolute atomic E-state index is 12.6. The van der Waals surface area contributed by atoms with Gasteiger partial charge < -0.3 is 30.1 Å². The number of nitrogens with zero attached hydrogens (tertiary/aromatic N) is 1. The number of alkyl carbamates (subject to hydrolysis) is 1. The van der Waals surface area contributed by atoms with Crippen LogP contribution in [-0.4, -0.2) is 77.9 Å². The number of β-amino-alcohol motifs (C(OH)–C–C–N with tert-alkyl or cyclic N) is 1. The van der Waals surface area contributed by atoms with Crippen LogP contribution in [0.15, 0.2) is 0 Å². The molecule has 1 fully saturated rings. The van der Waals surface area contributed by atoms with Crippen molar-refractivity contribution in [2.75, 3.05) is 20.2 Å². The van der Waals surface area contributed by atoms with E-state index >= 15 is 0 Å². The maximum atomic E-state index is 12.6. The molecule has 0 aromatic heterocycles. The Balaban J connectivity index is 2.73. The number of amides is 3. The molecule has 1 rings (SSSR count). The topological polar surface area (TPSA) is 134 Å². The molecule has 1 heterocycles. The van der Waals surface area contributed by atoms with Gasteiger partial charge >= 0.3 is 12.1 Å². The zero-order valence-corrected chi connectivity index (χ0v) is 18.0. The number of nitrogens with one attached hydrogen (secondary N) is 2. The Labute approximate surface area is 171 Å². The monoisotopic (exact) mass is 415 g/mol. The predicted molar refractivity (Wildman–Crippen MR) is 104 cm³/mol. The van der Waals surface area contributed by atoms with Gasteiger partial charge in [0.15, 0.2) is 0 Å². The van der Waals surface area contributed by atoms with Crippen molar-refractivity contribution in [1.29, 1.82) is 0 Å². The zero-order valence-electron chi connectivity index (χ0n) is 18.0. The lowest BCUT2D eigenvalue weighted by Gasteiger charge is -2.27. The number of hydrogen-bond acceptors (Lipinski definition) is 7.